The van der Waals surface area contributed by atoms with Gasteiger partial charge in [-0.2, -0.15) is 0 Å². The largest absolute Gasteiger partial charge is 0.478 e. The molecule has 0 saturated heterocycles. The van der Waals surface area contributed by atoms with Gasteiger partial charge in [0.05, 0.1) is 11.1 Å². The zero-order valence-corrected chi connectivity index (χ0v) is 16.5. The molecule has 26 heavy (non-hydrogen) atoms. The molecule has 0 aromatic heterocycles. The summed E-state index contributed by atoms with van der Waals surface area (Å²) in [6.45, 7) is 6.51. The van der Waals surface area contributed by atoms with Gasteiger partial charge in [-0.15, -0.1) is 0 Å². The maximum atomic E-state index is 11.7. The third-order valence-electron chi connectivity index (χ3n) is 4.88. The van der Waals surface area contributed by atoms with Gasteiger partial charge in [0.1, 0.15) is 0 Å². The molecule has 0 spiro atoms. The summed E-state index contributed by atoms with van der Waals surface area (Å²) >= 11 is 0. The molecule has 0 fully saturated rings. The molecular formula is C22H34O4. The second kappa shape index (κ2) is 11.7. The van der Waals surface area contributed by atoms with Gasteiger partial charge in [0, 0.05) is 0 Å². The molecule has 1 rings (SSSR count). The molecule has 0 aliphatic rings. The van der Waals surface area contributed by atoms with Crippen molar-refractivity contribution < 1.29 is 19.8 Å². The van der Waals surface area contributed by atoms with Crippen molar-refractivity contribution in [3.63, 3.8) is 0 Å². The fourth-order valence-corrected chi connectivity index (χ4v) is 3.42. The van der Waals surface area contributed by atoms with Gasteiger partial charge in [-0.3, -0.25) is 0 Å². The highest BCUT2D eigenvalue weighted by Crippen LogP contribution is 2.25. The van der Waals surface area contributed by atoms with Crippen LogP contribution in [0.15, 0.2) is 12.1 Å². The van der Waals surface area contributed by atoms with Crippen molar-refractivity contribution in [2.24, 2.45) is 5.92 Å². The number of carboxylic acids is 2. The Morgan fingerprint density at radius 1 is 0.808 bits per heavy atom. The van der Waals surface area contributed by atoms with Gasteiger partial charge in [-0.1, -0.05) is 59.3 Å². The second-order valence-corrected chi connectivity index (χ2v) is 7.53. The van der Waals surface area contributed by atoms with E-state index in [4.69, 9.17) is 0 Å². The predicted molar refractivity (Wildman–Crippen MR) is 105 cm³/mol. The number of carboxylic acid groups (broad SMARTS) is 2. The van der Waals surface area contributed by atoms with Gasteiger partial charge in [0.15, 0.2) is 0 Å². The van der Waals surface area contributed by atoms with E-state index in [1.54, 1.807) is 0 Å². The molecule has 0 radical (unpaired) electrons. The first-order valence-electron chi connectivity index (χ1n) is 9.99. The number of hydrogen-bond acceptors (Lipinski definition) is 2. The summed E-state index contributed by atoms with van der Waals surface area (Å²) in [4.78, 5) is 23.3. The molecule has 0 atom stereocenters. The summed E-state index contributed by atoms with van der Waals surface area (Å²) < 4.78 is 0. The highest BCUT2D eigenvalue weighted by Gasteiger charge is 2.20. The maximum Gasteiger partial charge on any atom is 0.335 e. The van der Waals surface area contributed by atoms with E-state index in [2.05, 4.69) is 20.8 Å². The minimum Gasteiger partial charge on any atom is -0.478 e. The lowest BCUT2D eigenvalue weighted by molar-refractivity contribution is 0.0679. The SMILES string of the molecule is CCCCCCCc1c(C(=O)O)ccc(C(=O)O)c1CCCCC(C)C. The normalized spacial score (nSPS) is 11.1. The summed E-state index contributed by atoms with van der Waals surface area (Å²) in [5, 5.41) is 19.1. The Balaban J connectivity index is 3.03. The molecular weight excluding hydrogens is 328 g/mol. The van der Waals surface area contributed by atoms with Crippen LogP contribution in [-0.2, 0) is 12.8 Å². The molecule has 1 aromatic rings. The zero-order valence-electron chi connectivity index (χ0n) is 16.5. The highest BCUT2D eigenvalue weighted by molar-refractivity contribution is 5.95. The van der Waals surface area contributed by atoms with Crippen molar-refractivity contribution in [2.75, 3.05) is 0 Å². The number of unbranched alkanes of at least 4 members (excludes halogenated alkanes) is 5. The molecule has 0 amide bonds. The van der Waals surface area contributed by atoms with Crippen LogP contribution < -0.4 is 0 Å². The standard InChI is InChI=1S/C22H34O4/c1-4-5-6-7-8-12-17-18(13-10-9-11-16(2)3)20(22(25)26)15-14-19(17)21(23)24/h14-16H,4-13H2,1-3H3,(H,23,24)(H,25,26). The minimum atomic E-state index is -0.965. The zero-order chi connectivity index (χ0) is 19.5. The molecule has 4 nitrogen and oxygen atoms in total. The fraction of sp³-hybridized carbons (Fsp3) is 0.636. The minimum absolute atomic E-state index is 0.267. The molecule has 146 valence electrons. The third-order valence-corrected chi connectivity index (χ3v) is 4.88. The fourth-order valence-electron chi connectivity index (χ4n) is 3.42. The Bertz CT molecular complexity index is 590. The van der Waals surface area contributed by atoms with Crippen LogP contribution in [0.5, 0.6) is 0 Å². The monoisotopic (exact) mass is 362 g/mol. The van der Waals surface area contributed by atoms with E-state index >= 15 is 0 Å². The summed E-state index contributed by atoms with van der Waals surface area (Å²) in [5.74, 6) is -1.31. The Kier molecular flexibility index (Phi) is 10.0. The average Bonchev–Trinajstić information content (AvgIpc) is 2.58. The van der Waals surface area contributed by atoms with Crippen molar-refractivity contribution in [2.45, 2.75) is 85.0 Å². The van der Waals surface area contributed by atoms with Crippen LogP contribution in [0.4, 0.5) is 0 Å². The van der Waals surface area contributed by atoms with Gasteiger partial charge in [-0.25, -0.2) is 9.59 Å². The lowest BCUT2D eigenvalue weighted by Gasteiger charge is -2.16. The number of rotatable bonds is 13. The first-order valence-corrected chi connectivity index (χ1v) is 9.99. The number of benzene rings is 1. The van der Waals surface area contributed by atoms with E-state index in [0.29, 0.717) is 18.8 Å². The Hall–Kier alpha value is -1.84. The van der Waals surface area contributed by atoms with E-state index in [0.717, 1.165) is 56.1 Å². The first kappa shape index (κ1) is 22.2. The number of aromatic carboxylic acids is 2. The van der Waals surface area contributed by atoms with Crippen molar-refractivity contribution >= 4 is 11.9 Å². The lowest BCUT2D eigenvalue weighted by atomic mass is 9.88. The molecule has 0 unspecified atom stereocenters. The molecule has 4 heteroatoms. The quantitative estimate of drug-likeness (QED) is 0.424. The second-order valence-electron chi connectivity index (χ2n) is 7.53. The molecule has 0 aliphatic heterocycles. The van der Waals surface area contributed by atoms with Gasteiger partial charge >= 0.3 is 11.9 Å². The number of hydrogen-bond donors (Lipinski definition) is 2. The Labute approximate surface area is 157 Å². The van der Waals surface area contributed by atoms with Gasteiger partial charge in [0.25, 0.3) is 0 Å². The third kappa shape index (κ3) is 7.19. The van der Waals surface area contributed by atoms with Crippen LogP contribution in [0.25, 0.3) is 0 Å². The van der Waals surface area contributed by atoms with Crippen LogP contribution in [0.1, 0.15) is 104 Å². The van der Waals surface area contributed by atoms with Crippen molar-refractivity contribution in [3.05, 3.63) is 34.4 Å². The smallest absolute Gasteiger partial charge is 0.335 e. The molecule has 0 aliphatic carbocycles. The van der Waals surface area contributed by atoms with Crippen LogP contribution in [-0.4, -0.2) is 22.2 Å². The Morgan fingerprint density at radius 3 is 1.69 bits per heavy atom. The topological polar surface area (TPSA) is 74.6 Å². The van der Waals surface area contributed by atoms with Crippen LogP contribution in [0, 0.1) is 5.92 Å². The predicted octanol–water partition coefficient (Wildman–Crippen LogP) is 5.96. The molecule has 0 bridgehead atoms. The van der Waals surface area contributed by atoms with Crippen molar-refractivity contribution in [1.29, 1.82) is 0 Å². The van der Waals surface area contributed by atoms with E-state index in [1.165, 1.54) is 18.6 Å². The van der Waals surface area contributed by atoms with Gasteiger partial charge < -0.3 is 10.2 Å². The van der Waals surface area contributed by atoms with Crippen molar-refractivity contribution in [3.8, 4) is 0 Å². The van der Waals surface area contributed by atoms with Crippen LogP contribution >= 0.6 is 0 Å². The van der Waals surface area contributed by atoms with E-state index < -0.39 is 11.9 Å². The Morgan fingerprint density at radius 2 is 1.27 bits per heavy atom. The first-order chi connectivity index (χ1) is 12.4. The summed E-state index contributed by atoms with van der Waals surface area (Å²) in [6, 6.07) is 2.93. The van der Waals surface area contributed by atoms with Crippen molar-refractivity contribution in [1.82, 2.24) is 0 Å². The van der Waals surface area contributed by atoms with Crippen LogP contribution in [0.2, 0.25) is 0 Å². The molecule has 2 N–H and O–H groups in total. The molecule has 0 heterocycles. The highest BCUT2D eigenvalue weighted by atomic mass is 16.4. The summed E-state index contributed by atoms with van der Waals surface area (Å²) in [5.41, 5.74) is 2.00. The van der Waals surface area contributed by atoms with E-state index in [1.807, 2.05) is 0 Å². The summed E-state index contributed by atoms with van der Waals surface area (Å²) in [7, 11) is 0. The van der Waals surface area contributed by atoms with Gasteiger partial charge in [-0.05, 0) is 54.9 Å². The van der Waals surface area contributed by atoms with Gasteiger partial charge in [0.2, 0.25) is 0 Å². The summed E-state index contributed by atoms with van der Waals surface area (Å²) in [6.07, 6.45) is 9.76. The maximum absolute atomic E-state index is 11.7. The number of carbonyl (C=O) groups is 2. The molecule has 1 aromatic carbocycles. The average molecular weight is 363 g/mol. The molecule has 0 saturated carbocycles. The van der Waals surface area contributed by atoms with E-state index in [-0.39, 0.29) is 11.1 Å². The van der Waals surface area contributed by atoms with E-state index in [9.17, 15) is 19.8 Å². The lowest BCUT2D eigenvalue weighted by Crippen LogP contribution is -2.12. The van der Waals surface area contributed by atoms with Crippen LogP contribution in [0.3, 0.4) is 0 Å².